The fraction of sp³-hybridized carbons (Fsp3) is 0.462. The topological polar surface area (TPSA) is 50.4 Å². The minimum atomic E-state index is -0.243. The highest BCUT2D eigenvalue weighted by atomic mass is 16.5. The Morgan fingerprint density at radius 2 is 2.24 bits per heavy atom. The maximum atomic E-state index is 11.9. The van der Waals surface area contributed by atoms with E-state index in [0.717, 1.165) is 12.1 Å². The largest absolute Gasteiger partial charge is 0.375 e. The van der Waals surface area contributed by atoms with Gasteiger partial charge in [0.05, 0.1) is 12.7 Å². The van der Waals surface area contributed by atoms with Crippen molar-refractivity contribution >= 4 is 5.91 Å². The van der Waals surface area contributed by atoms with Crippen LogP contribution >= 0.6 is 0 Å². The number of amides is 1. The highest BCUT2D eigenvalue weighted by Gasteiger charge is 2.27. The molecule has 1 aliphatic heterocycles. The molecule has 4 nitrogen and oxygen atoms in total. The van der Waals surface area contributed by atoms with E-state index in [1.807, 2.05) is 37.3 Å². The van der Waals surface area contributed by atoms with Crippen molar-refractivity contribution in [2.45, 2.75) is 25.6 Å². The number of ether oxygens (including phenoxy) is 1. The van der Waals surface area contributed by atoms with Gasteiger partial charge in [0, 0.05) is 13.1 Å². The molecule has 1 saturated heterocycles. The van der Waals surface area contributed by atoms with Crippen LogP contribution in [0, 0.1) is 0 Å². The standard InChI is InChI=1S/C13H18N2O2/c1-10-12(14-7-8-17-10)13(16)15-9-11-5-3-2-4-6-11/h2-6,10,12,14H,7-9H2,1H3,(H,15,16)/t10-,12+/m1/s1. The average Bonchev–Trinajstić information content (AvgIpc) is 2.38. The van der Waals surface area contributed by atoms with Crippen LogP contribution in [0.2, 0.25) is 0 Å². The van der Waals surface area contributed by atoms with Gasteiger partial charge in [-0.25, -0.2) is 0 Å². The summed E-state index contributed by atoms with van der Waals surface area (Å²) in [5.74, 6) is 0.000975. The van der Waals surface area contributed by atoms with Crippen LogP contribution < -0.4 is 10.6 Å². The Hall–Kier alpha value is -1.39. The zero-order valence-corrected chi connectivity index (χ0v) is 9.98. The van der Waals surface area contributed by atoms with Gasteiger partial charge in [0.1, 0.15) is 6.04 Å². The Bertz CT molecular complexity index is 367. The summed E-state index contributed by atoms with van der Waals surface area (Å²) in [5, 5.41) is 6.09. The van der Waals surface area contributed by atoms with Gasteiger partial charge in [0.15, 0.2) is 0 Å². The molecule has 2 N–H and O–H groups in total. The predicted molar refractivity (Wildman–Crippen MR) is 65.5 cm³/mol. The number of rotatable bonds is 3. The number of hydrogen-bond acceptors (Lipinski definition) is 3. The van der Waals surface area contributed by atoms with Crippen molar-refractivity contribution in [2.24, 2.45) is 0 Å². The molecular weight excluding hydrogens is 216 g/mol. The Balaban J connectivity index is 1.84. The van der Waals surface area contributed by atoms with Gasteiger partial charge in [-0.2, -0.15) is 0 Å². The minimum absolute atomic E-state index is 0.000975. The lowest BCUT2D eigenvalue weighted by molar-refractivity contribution is -0.129. The fourth-order valence-electron chi connectivity index (χ4n) is 1.92. The Morgan fingerprint density at radius 3 is 2.94 bits per heavy atom. The molecule has 92 valence electrons. The van der Waals surface area contributed by atoms with Gasteiger partial charge >= 0.3 is 0 Å². The van der Waals surface area contributed by atoms with Gasteiger partial charge in [-0.15, -0.1) is 0 Å². The molecule has 2 rings (SSSR count). The number of morpholine rings is 1. The second kappa shape index (κ2) is 5.80. The monoisotopic (exact) mass is 234 g/mol. The van der Waals surface area contributed by atoms with Crippen molar-refractivity contribution in [3.05, 3.63) is 35.9 Å². The molecule has 1 amide bonds. The normalized spacial score (nSPS) is 24.3. The molecule has 0 spiro atoms. The highest BCUT2D eigenvalue weighted by molar-refractivity contribution is 5.82. The third kappa shape index (κ3) is 3.28. The van der Waals surface area contributed by atoms with Crippen LogP contribution in [-0.4, -0.2) is 31.2 Å². The highest BCUT2D eigenvalue weighted by Crippen LogP contribution is 2.04. The molecule has 0 aliphatic carbocycles. The molecule has 0 bridgehead atoms. The summed E-state index contributed by atoms with van der Waals surface area (Å²) in [6.45, 7) is 3.88. The van der Waals surface area contributed by atoms with Gasteiger partial charge in [-0.05, 0) is 12.5 Å². The Morgan fingerprint density at radius 1 is 1.47 bits per heavy atom. The van der Waals surface area contributed by atoms with Crippen molar-refractivity contribution in [3.8, 4) is 0 Å². The number of carbonyl (C=O) groups is 1. The lowest BCUT2D eigenvalue weighted by atomic mass is 10.1. The van der Waals surface area contributed by atoms with E-state index in [0.29, 0.717) is 13.2 Å². The summed E-state index contributed by atoms with van der Waals surface area (Å²) in [7, 11) is 0. The first-order chi connectivity index (χ1) is 8.27. The van der Waals surface area contributed by atoms with Crippen LogP contribution in [0.4, 0.5) is 0 Å². The Labute approximate surface area is 101 Å². The van der Waals surface area contributed by atoms with Crippen molar-refractivity contribution in [1.82, 2.24) is 10.6 Å². The van der Waals surface area contributed by atoms with Crippen molar-refractivity contribution in [2.75, 3.05) is 13.2 Å². The van der Waals surface area contributed by atoms with Crippen molar-refractivity contribution in [3.63, 3.8) is 0 Å². The second-order valence-corrected chi connectivity index (χ2v) is 4.21. The summed E-state index contributed by atoms with van der Waals surface area (Å²) in [6.07, 6.45) is -0.0699. The number of benzene rings is 1. The summed E-state index contributed by atoms with van der Waals surface area (Å²) >= 11 is 0. The SMILES string of the molecule is C[C@H]1OCCN[C@@H]1C(=O)NCc1ccccc1. The van der Waals surface area contributed by atoms with E-state index in [-0.39, 0.29) is 18.1 Å². The van der Waals surface area contributed by atoms with Crippen LogP contribution in [0.15, 0.2) is 30.3 Å². The number of carbonyl (C=O) groups excluding carboxylic acids is 1. The van der Waals surface area contributed by atoms with E-state index in [4.69, 9.17) is 4.74 Å². The fourth-order valence-corrected chi connectivity index (χ4v) is 1.92. The van der Waals surface area contributed by atoms with Crippen LogP contribution in [0.3, 0.4) is 0 Å². The molecule has 1 heterocycles. The first-order valence-corrected chi connectivity index (χ1v) is 5.94. The van der Waals surface area contributed by atoms with Gasteiger partial charge in [-0.3, -0.25) is 4.79 Å². The Kier molecular flexibility index (Phi) is 4.12. The molecule has 1 aromatic carbocycles. The molecule has 1 aromatic rings. The third-order valence-electron chi connectivity index (χ3n) is 2.91. The zero-order valence-electron chi connectivity index (χ0n) is 9.98. The average molecular weight is 234 g/mol. The van der Waals surface area contributed by atoms with E-state index in [9.17, 15) is 4.79 Å². The summed E-state index contributed by atoms with van der Waals surface area (Å²) in [6, 6.07) is 9.64. The van der Waals surface area contributed by atoms with Crippen LogP contribution in [-0.2, 0) is 16.1 Å². The molecule has 0 aromatic heterocycles. The first kappa shape index (κ1) is 12.1. The van der Waals surface area contributed by atoms with Crippen LogP contribution in [0.25, 0.3) is 0 Å². The quantitative estimate of drug-likeness (QED) is 0.808. The molecule has 1 fully saturated rings. The lowest BCUT2D eigenvalue weighted by Crippen LogP contribution is -2.55. The van der Waals surface area contributed by atoms with Gasteiger partial charge < -0.3 is 15.4 Å². The summed E-state index contributed by atoms with van der Waals surface area (Å²) in [4.78, 5) is 11.9. The van der Waals surface area contributed by atoms with Gasteiger partial charge in [0.2, 0.25) is 5.91 Å². The predicted octanol–water partition coefficient (Wildman–Crippen LogP) is 0.680. The first-order valence-electron chi connectivity index (χ1n) is 5.94. The van der Waals surface area contributed by atoms with Gasteiger partial charge in [-0.1, -0.05) is 30.3 Å². The smallest absolute Gasteiger partial charge is 0.240 e. The molecule has 1 aliphatic rings. The minimum Gasteiger partial charge on any atom is -0.375 e. The molecular formula is C13H18N2O2. The van der Waals surface area contributed by atoms with E-state index in [1.54, 1.807) is 0 Å². The molecule has 4 heteroatoms. The summed E-state index contributed by atoms with van der Waals surface area (Å²) < 4.78 is 5.44. The van der Waals surface area contributed by atoms with E-state index >= 15 is 0 Å². The molecule has 17 heavy (non-hydrogen) atoms. The van der Waals surface area contributed by atoms with Crippen LogP contribution in [0.5, 0.6) is 0 Å². The van der Waals surface area contributed by atoms with Crippen molar-refractivity contribution in [1.29, 1.82) is 0 Å². The maximum absolute atomic E-state index is 11.9. The van der Waals surface area contributed by atoms with Crippen molar-refractivity contribution < 1.29 is 9.53 Å². The van der Waals surface area contributed by atoms with Crippen LogP contribution in [0.1, 0.15) is 12.5 Å². The molecule has 2 atom stereocenters. The molecule has 0 unspecified atom stereocenters. The van der Waals surface area contributed by atoms with E-state index in [2.05, 4.69) is 10.6 Å². The number of nitrogens with one attached hydrogen (secondary N) is 2. The maximum Gasteiger partial charge on any atom is 0.240 e. The van der Waals surface area contributed by atoms with Gasteiger partial charge in [0.25, 0.3) is 0 Å². The zero-order chi connectivity index (χ0) is 12.1. The number of hydrogen-bond donors (Lipinski definition) is 2. The molecule has 0 saturated carbocycles. The molecule has 0 radical (unpaired) electrons. The second-order valence-electron chi connectivity index (χ2n) is 4.21. The van der Waals surface area contributed by atoms with E-state index < -0.39 is 0 Å². The third-order valence-corrected chi connectivity index (χ3v) is 2.91. The summed E-state index contributed by atoms with van der Waals surface area (Å²) in [5.41, 5.74) is 1.10. The lowest BCUT2D eigenvalue weighted by Gasteiger charge is -2.29. The van der Waals surface area contributed by atoms with E-state index in [1.165, 1.54) is 0 Å².